The highest BCUT2D eigenvalue weighted by atomic mass is 32.2. The van der Waals surface area contributed by atoms with Crippen LogP contribution in [-0.4, -0.2) is 43.0 Å². The van der Waals surface area contributed by atoms with Crippen LogP contribution in [0.5, 0.6) is 0 Å². The Kier molecular flexibility index (Phi) is 3.49. The zero-order valence-corrected chi connectivity index (χ0v) is 11.7. The molecule has 2 N–H and O–H groups in total. The molecule has 0 aliphatic heterocycles. The average molecular weight is 295 g/mol. The predicted molar refractivity (Wildman–Crippen MR) is 74.2 cm³/mol. The van der Waals surface area contributed by atoms with Crippen molar-refractivity contribution in [1.29, 1.82) is 0 Å². The van der Waals surface area contributed by atoms with Crippen LogP contribution in [0.25, 0.3) is 11.3 Å². The molecule has 106 valence electrons. The van der Waals surface area contributed by atoms with Gasteiger partial charge in [0, 0.05) is 12.6 Å². The number of carboxylic acid groups (broad SMARTS) is 1. The highest BCUT2D eigenvalue weighted by Crippen LogP contribution is 2.24. The maximum absolute atomic E-state index is 11.5. The molecule has 0 spiro atoms. The second-order valence-corrected chi connectivity index (χ2v) is 6.27. The fourth-order valence-electron chi connectivity index (χ4n) is 1.63. The third-order valence-corrected chi connectivity index (χ3v) is 4.02. The summed E-state index contributed by atoms with van der Waals surface area (Å²) < 4.78 is 24.1. The van der Waals surface area contributed by atoms with E-state index in [0.29, 0.717) is 16.9 Å². The molecule has 0 aliphatic rings. The first-order valence-corrected chi connectivity index (χ1v) is 7.47. The second kappa shape index (κ2) is 4.97. The second-order valence-electron chi connectivity index (χ2n) is 4.25. The number of aromatic amines is 1. The Morgan fingerprint density at radius 1 is 1.35 bits per heavy atom. The summed E-state index contributed by atoms with van der Waals surface area (Å²) in [4.78, 5) is 10.8. The number of carboxylic acids is 1. The molecule has 2 rings (SSSR count). The Bertz CT molecular complexity index is 752. The zero-order valence-electron chi connectivity index (χ0n) is 10.9. The van der Waals surface area contributed by atoms with Crippen molar-refractivity contribution in [2.75, 3.05) is 17.6 Å². The van der Waals surface area contributed by atoms with Gasteiger partial charge in [-0.3, -0.25) is 9.40 Å². The van der Waals surface area contributed by atoms with Crippen molar-refractivity contribution in [2.45, 2.75) is 0 Å². The first-order chi connectivity index (χ1) is 9.29. The summed E-state index contributed by atoms with van der Waals surface area (Å²) in [5, 5.41) is 15.1. The number of hydrogen-bond donors (Lipinski definition) is 2. The van der Waals surface area contributed by atoms with Gasteiger partial charge in [-0.25, -0.2) is 13.2 Å². The van der Waals surface area contributed by atoms with Crippen LogP contribution >= 0.6 is 0 Å². The number of aromatic carboxylic acids is 1. The molecule has 8 heteroatoms. The van der Waals surface area contributed by atoms with Gasteiger partial charge in [-0.1, -0.05) is 12.1 Å². The zero-order chi connectivity index (χ0) is 14.9. The van der Waals surface area contributed by atoms with Crippen molar-refractivity contribution < 1.29 is 18.3 Å². The lowest BCUT2D eigenvalue weighted by molar-refractivity contribution is 0.0690. The Morgan fingerprint density at radius 2 is 2.05 bits per heavy atom. The average Bonchev–Trinajstić information content (AvgIpc) is 2.86. The summed E-state index contributed by atoms with van der Waals surface area (Å²) >= 11 is 0. The number of hydrogen-bond acceptors (Lipinski definition) is 4. The van der Waals surface area contributed by atoms with E-state index in [0.717, 1.165) is 10.6 Å². The van der Waals surface area contributed by atoms with E-state index in [1.165, 1.54) is 13.1 Å². The molecule has 0 amide bonds. The van der Waals surface area contributed by atoms with Crippen molar-refractivity contribution >= 4 is 21.7 Å². The SMILES string of the molecule is CN(c1cccc(-c2cc(C(=O)O)[nH]n2)c1)S(C)(=O)=O. The largest absolute Gasteiger partial charge is 0.477 e. The maximum Gasteiger partial charge on any atom is 0.353 e. The number of aromatic nitrogens is 2. The molecule has 0 saturated carbocycles. The van der Waals surface area contributed by atoms with Gasteiger partial charge in [-0.05, 0) is 18.2 Å². The molecule has 1 heterocycles. The van der Waals surface area contributed by atoms with Crippen molar-refractivity contribution in [2.24, 2.45) is 0 Å². The molecule has 0 unspecified atom stereocenters. The molecule has 0 fully saturated rings. The smallest absolute Gasteiger partial charge is 0.353 e. The Morgan fingerprint density at radius 3 is 2.60 bits per heavy atom. The number of benzene rings is 1. The fourth-order valence-corrected chi connectivity index (χ4v) is 2.13. The lowest BCUT2D eigenvalue weighted by atomic mass is 10.1. The fraction of sp³-hybridized carbons (Fsp3) is 0.167. The van der Waals surface area contributed by atoms with Gasteiger partial charge in [0.15, 0.2) is 0 Å². The minimum Gasteiger partial charge on any atom is -0.477 e. The monoisotopic (exact) mass is 295 g/mol. The van der Waals surface area contributed by atoms with E-state index in [1.54, 1.807) is 24.3 Å². The van der Waals surface area contributed by atoms with Crippen LogP contribution in [0.1, 0.15) is 10.5 Å². The molecule has 1 aromatic heterocycles. The minimum absolute atomic E-state index is 0.0260. The Hall–Kier alpha value is -2.35. The molecule has 0 aliphatic carbocycles. The van der Waals surface area contributed by atoms with E-state index in [2.05, 4.69) is 10.2 Å². The van der Waals surface area contributed by atoms with Gasteiger partial charge in [-0.2, -0.15) is 5.10 Å². The van der Waals surface area contributed by atoms with Gasteiger partial charge in [0.1, 0.15) is 5.69 Å². The molecule has 0 atom stereocenters. The highest BCUT2D eigenvalue weighted by Gasteiger charge is 2.14. The van der Waals surface area contributed by atoms with Crippen molar-refractivity contribution in [3.63, 3.8) is 0 Å². The van der Waals surface area contributed by atoms with E-state index >= 15 is 0 Å². The third-order valence-electron chi connectivity index (χ3n) is 2.81. The first kappa shape index (κ1) is 14.1. The molecule has 0 bridgehead atoms. The van der Waals surface area contributed by atoms with Crippen LogP contribution in [0.2, 0.25) is 0 Å². The van der Waals surface area contributed by atoms with Gasteiger partial charge < -0.3 is 5.11 Å². The van der Waals surface area contributed by atoms with Crippen molar-refractivity contribution in [1.82, 2.24) is 10.2 Å². The highest BCUT2D eigenvalue weighted by molar-refractivity contribution is 7.92. The van der Waals surface area contributed by atoms with E-state index in [-0.39, 0.29) is 5.69 Å². The lowest BCUT2D eigenvalue weighted by Gasteiger charge is -2.16. The lowest BCUT2D eigenvalue weighted by Crippen LogP contribution is -2.24. The molecular weight excluding hydrogens is 282 g/mol. The minimum atomic E-state index is -3.35. The molecule has 7 nitrogen and oxygen atoms in total. The number of sulfonamides is 1. The summed E-state index contributed by atoms with van der Waals surface area (Å²) in [7, 11) is -1.91. The van der Waals surface area contributed by atoms with Gasteiger partial charge in [0.25, 0.3) is 0 Å². The maximum atomic E-state index is 11.5. The molecule has 1 aromatic carbocycles. The number of H-pyrrole nitrogens is 1. The van der Waals surface area contributed by atoms with E-state index in [4.69, 9.17) is 5.11 Å². The van der Waals surface area contributed by atoms with Gasteiger partial charge in [0.2, 0.25) is 10.0 Å². The molecule has 0 saturated heterocycles. The van der Waals surface area contributed by atoms with E-state index in [1.807, 2.05) is 0 Å². The van der Waals surface area contributed by atoms with Crippen molar-refractivity contribution in [3.8, 4) is 11.3 Å². The van der Waals surface area contributed by atoms with Crippen LogP contribution in [0.15, 0.2) is 30.3 Å². The van der Waals surface area contributed by atoms with Crippen molar-refractivity contribution in [3.05, 3.63) is 36.0 Å². The van der Waals surface area contributed by atoms with Crippen LogP contribution in [-0.2, 0) is 10.0 Å². The van der Waals surface area contributed by atoms with E-state index < -0.39 is 16.0 Å². The van der Waals surface area contributed by atoms with Crippen LogP contribution in [0.4, 0.5) is 5.69 Å². The molecule has 20 heavy (non-hydrogen) atoms. The molecule has 2 aromatic rings. The number of nitrogens with zero attached hydrogens (tertiary/aromatic N) is 2. The number of carbonyl (C=O) groups is 1. The van der Waals surface area contributed by atoms with Crippen LogP contribution in [0, 0.1) is 0 Å². The number of anilines is 1. The number of rotatable bonds is 4. The standard InChI is InChI=1S/C12H13N3O4S/c1-15(20(2,18)19)9-5-3-4-8(6-9)10-7-11(12(16)17)14-13-10/h3-7H,1-2H3,(H,13,14)(H,16,17). The first-order valence-electron chi connectivity index (χ1n) is 5.62. The van der Waals surface area contributed by atoms with Gasteiger partial charge in [0.05, 0.1) is 17.6 Å². The predicted octanol–water partition coefficient (Wildman–Crippen LogP) is 1.17. The topological polar surface area (TPSA) is 103 Å². The normalized spacial score (nSPS) is 11.3. The summed E-state index contributed by atoms with van der Waals surface area (Å²) in [6.07, 6.45) is 1.11. The summed E-state index contributed by atoms with van der Waals surface area (Å²) in [6, 6.07) is 8.07. The van der Waals surface area contributed by atoms with Crippen LogP contribution < -0.4 is 4.31 Å². The van der Waals surface area contributed by atoms with Gasteiger partial charge >= 0.3 is 5.97 Å². The van der Waals surface area contributed by atoms with E-state index in [9.17, 15) is 13.2 Å². The molecule has 0 radical (unpaired) electrons. The third kappa shape index (κ3) is 2.80. The Balaban J connectivity index is 2.41. The van der Waals surface area contributed by atoms with Gasteiger partial charge in [-0.15, -0.1) is 0 Å². The van der Waals surface area contributed by atoms with Crippen LogP contribution in [0.3, 0.4) is 0 Å². The summed E-state index contributed by atoms with van der Waals surface area (Å²) in [5.74, 6) is -1.10. The summed E-state index contributed by atoms with van der Waals surface area (Å²) in [5.41, 5.74) is 1.51. The molecular formula is C12H13N3O4S. The Labute approximate surface area is 115 Å². The quantitative estimate of drug-likeness (QED) is 0.881. The number of nitrogens with one attached hydrogen (secondary N) is 1. The summed E-state index contributed by atoms with van der Waals surface area (Å²) in [6.45, 7) is 0.